The van der Waals surface area contributed by atoms with E-state index in [4.69, 9.17) is 0 Å². The number of aryl methyl sites for hydroxylation is 1. The van der Waals surface area contributed by atoms with Crippen LogP contribution in [0.1, 0.15) is 36.5 Å². The lowest BCUT2D eigenvalue weighted by atomic mass is 9.99. The van der Waals surface area contributed by atoms with Crippen LogP contribution in [0.15, 0.2) is 52.4 Å². The minimum atomic E-state index is -0.385. The quantitative estimate of drug-likeness (QED) is 0.463. The van der Waals surface area contributed by atoms with E-state index in [1.54, 1.807) is 18.2 Å². The Morgan fingerprint density at radius 2 is 1.96 bits per heavy atom. The zero-order chi connectivity index (χ0) is 19.6. The Hall–Kier alpha value is -2.93. The van der Waals surface area contributed by atoms with E-state index in [1.807, 2.05) is 45.0 Å². The number of carbonyl (C=O) groups excluding carboxylic acids is 1. The first-order valence-electron chi connectivity index (χ1n) is 8.48. The van der Waals surface area contributed by atoms with Crippen LogP contribution < -0.4 is 5.32 Å². The van der Waals surface area contributed by atoms with Gasteiger partial charge in [-0.25, -0.2) is 4.99 Å². The topological polar surface area (TPSA) is 84.6 Å². The molecule has 0 radical (unpaired) electrons. The number of rotatable bonds is 4. The third kappa shape index (κ3) is 4.25. The smallest absolute Gasteiger partial charge is 0.273 e. The van der Waals surface area contributed by atoms with Gasteiger partial charge in [0.05, 0.1) is 15.5 Å². The molecule has 3 rings (SSSR count). The van der Waals surface area contributed by atoms with E-state index in [0.717, 1.165) is 11.3 Å². The van der Waals surface area contributed by atoms with Crippen LogP contribution >= 0.6 is 11.8 Å². The summed E-state index contributed by atoms with van der Waals surface area (Å²) in [5.41, 5.74) is 3.15. The molecule has 2 aromatic rings. The van der Waals surface area contributed by atoms with Crippen LogP contribution in [-0.2, 0) is 4.79 Å². The molecule has 2 aromatic carbocycles. The van der Waals surface area contributed by atoms with Gasteiger partial charge in [-0.15, -0.1) is 0 Å². The summed E-state index contributed by atoms with van der Waals surface area (Å²) < 4.78 is 0. The monoisotopic (exact) mass is 381 g/mol. The molecule has 0 spiro atoms. The highest BCUT2D eigenvalue weighted by Crippen LogP contribution is 2.32. The van der Waals surface area contributed by atoms with Crippen molar-refractivity contribution >= 4 is 40.3 Å². The lowest BCUT2D eigenvalue weighted by Crippen LogP contribution is -2.19. The normalized spacial score (nSPS) is 17.0. The highest BCUT2D eigenvalue weighted by atomic mass is 32.2. The second kappa shape index (κ2) is 7.75. The zero-order valence-electron chi connectivity index (χ0n) is 15.2. The number of hydrogen-bond acceptors (Lipinski definition) is 5. The van der Waals surface area contributed by atoms with Crippen LogP contribution in [0.25, 0.3) is 6.08 Å². The highest BCUT2D eigenvalue weighted by Gasteiger charge is 2.24. The van der Waals surface area contributed by atoms with Crippen molar-refractivity contribution in [1.29, 1.82) is 0 Å². The van der Waals surface area contributed by atoms with Crippen molar-refractivity contribution in [3.8, 4) is 0 Å². The molecule has 0 saturated carbocycles. The summed E-state index contributed by atoms with van der Waals surface area (Å²) in [5, 5.41) is 14.6. The summed E-state index contributed by atoms with van der Waals surface area (Å²) in [4.78, 5) is 28.1. The van der Waals surface area contributed by atoms with Gasteiger partial charge in [-0.2, -0.15) is 0 Å². The van der Waals surface area contributed by atoms with Crippen LogP contribution in [0, 0.1) is 17.0 Å². The SMILES string of the molecule is Cc1ccccc1N=C1NC(=O)/C(=C/c2ccc(C(C)C)c([N+](=O)[O-])c2)S1. The molecule has 1 amide bonds. The zero-order valence-corrected chi connectivity index (χ0v) is 16.0. The first-order valence-corrected chi connectivity index (χ1v) is 9.30. The predicted octanol–water partition coefficient (Wildman–Crippen LogP) is 4.92. The van der Waals surface area contributed by atoms with Crippen molar-refractivity contribution in [1.82, 2.24) is 5.32 Å². The fraction of sp³-hybridized carbons (Fsp3) is 0.200. The van der Waals surface area contributed by atoms with Crippen molar-refractivity contribution in [3.63, 3.8) is 0 Å². The van der Waals surface area contributed by atoms with Crippen LogP contribution in [0.2, 0.25) is 0 Å². The molecule has 7 heteroatoms. The van der Waals surface area contributed by atoms with Crippen LogP contribution in [0.4, 0.5) is 11.4 Å². The number of benzene rings is 2. The van der Waals surface area contributed by atoms with Gasteiger partial charge in [0.15, 0.2) is 5.17 Å². The Kier molecular flexibility index (Phi) is 5.41. The van der Waals surface area contributed by atoms with Crippen molar-refractivity contribution in [2.24, 2.45) is 4.99 Å². The minimum absolute atomic E-state index is 0.0455. The number of nitro benzene ring substituents is 1. The number of amides is 1. The van der Waals surface area contributed by atoms with E-state index in [2.05, 4.69) is 10.3 Å². The van der Waals surface area contributed by atoms with Crippen molar-refractivity contribution in [2.75, 3.05) is 0 Å². The maximum absolute atomic E-state index is 12.2. The standard InChI is InChI=1S/C20H19N3O3S/c1-12(2)15-9-8-14(10-17(15)23(25)26)11-18-19(24)22-20(27-18)21-16-7-5-4-6-13(16)3/h4-12H,1-3H3,(H,21,22,24)/b18-11-. The molecule has 138 valence electrons. The van der Waals surface area contributed by atoms with Crippen LogP contribution in [0.3, 0.4) is 0 Å². The molecule has 1 aliphatic heterocycles. The summed E-state index contributed by atoms with van der Waals surface area (Å²) in [6.07, 6.45) is 1.65. The number of nitro groups is 1. The molecular formula is C20H19N3O3S. The Morgan fingerprint density at radius 1 is 1.22 bits per heavy atom. The Morgan fingerprint density at radius 3 is 2.63 bits per heavy atom. The Labute approximate surface area is 161 Å². The molecule has 0 aliphatic carbocycles. The number of hydrogen-bond donors (Lipinski definition) is 1. The third-order valence-electron chi connectivity index (χ3n) is 4.16. The summed E-state index contributed by atoms with van der Waals surface area (Å²) in [7, 11) is 0. The minimum Gasteiger partial charge on any atom is -0.300 e. The third-order valence-corrected chi connectivity index (χ3v) is 5.07. The molecule has 1 heterocycles. The molecule has 0 atom stereocenters. The molecule has 0 bridgehead atoms. The van der Waals surface area contributed by atoms with Gasteiger partial charge < -0.3 is 5.32 Å². The number of thioether (sulfide) groups is 1. The van der Waals surface area contributed by atoms with Gasteiger partial charge in [-0.05, 0) is 47.9 Å². The fourth-order valence-electron chi connectivity index (χ4n) is 2.73. The molecule has 0 aromatic heterocycles. The van der Waals surface area contributed by atoms with Gasteiger partial charge in [0.2, 0.25) is 0 Å². The van der Waals surface area contributed by atoms with E-state index < -0.39 is 0 Å². The second-order valence-corrected chi connectivity index (χ2v) is 7.53. The van der Waals surface area contributed by atoms with Gasteiger partial charge in [-0.3, -0.25) is 14.9 Å². The van der Waals surface area contributed by atoms with Crippen LogP contribution in [0.5, 0.6) is 0 Å². The van der Waals surface area contributed by atoms with Gasteiger partial charge in [-0.1, -0.05) is 44.2 Å². The van der Waals surface area contributed by atoms with E-state index in [1.165, 1.54) is 17.8 Å². The Bertz CT molecular complexity index is 980. The summed E-state index contributed by atoms with van der Waals surface area (Å²) in [5.74, 6) is -0.216. The lowest BCUT2D eigenvalue weighted by Gasteiger charge is -2.07. The second-order valence-electron chi connectivity index (χ2n) is 6.50. The van der Waals surface area contributed by atoms with Gasteiger partial charge in [0.1, 0.15) is 0 Å². The van der Waals surface area contributed by atoms with Crippen LogP contribution in [-0.4, -0.2) is 16.0 Å². The predicted molar refractivity (Wildman–Crippen MR) is 109 cm³/mol. The van der Waals surface area contributed by atoms with Gasteiger partial charge >= 0.3 is 0 Å². The Balaban J connectivity index is 1.90. The van der Waals surface area contributed by atoms with Crippen molar-refractivity contribution in [3.05, 3.63) is 74.2 Å². The molecule has 27 heavy (non-hydrogen) atoms. The fourth-order valence-corrected chi connectivity index (χ4v) is 3.56. The number of nitrogens with zero attached hydrogens (tertiary/aromatic N) is 2. The van der Waals surface area contributed by atoms with E-state index in [0.29, 0.717) is 21.2 Å². The summed E-state index contributed by atoms with van der Waals surface area (Å²) >= 11 is 1.22. The maximum Gasteiger partial charge on any atom is 0.273 e. The maximum atomic E-state index is 12.2. The highest BCUT2D eigenvalue weighted by molar-refractivity contribution is 8.18. The average Bonchev–Trinajstić information content (AvgIpc) is 2.96. The lowest BCUT2D eigenvalue weighted by molar-refractivity contribution is -0.385. The number of nitrogens with one attached hydrogen (secondary N) is 1. The summed E-state index contributed by atoms with van der Waals surface area (Å²) in [6, 6.07) is 12.7. The number of carbonyl (C=O) groups is 1. The van der Waals surface area contributed by atoms with Crippen molar-refractivity contribution < 1.29 is 9.72 Å². The summed E-state index contributed by atoms with van der Waals surface area (Å²) in [6.45, 7) is 5.77. The molecule has 1 N–H and O–H groups in total. The molecule has 1 saturated heterocycles. The molecule has 1 fully saturated rings. The number of para-hydroxylation sites is 1. The van der Waals surface area contributed by atoms with E-state index in [9.17, 15) is 14.9 Å². The largest absolute Gasteiger partial charge is 0.300 e. The molecule has 1 aliphatic rings. The van der Waals surface area contributed by atoms with Crippen molar-refractivity contribution in [2.45, 2.75) is 26.7 Å². The first kappa shape index (κ1) is 18.8. The van der Waals surface area contributed by atoms with E-state index in [-0.39, 0.29) is 22.4 Å². The first-order chi connectivity index (χ1) is 12.8. The molecule has 6 nitrogen and oxygen atoms in total. The van der Waals surface area contributed by atoms with Gasteiger partial charge in [0.25, 0.3) is 11.6 Å². The van der Waals surface area contributed by atoms with Gasteiger partial charge in [0, 0.05) is 11.6 Å². The molecule has 0 unspecified atom stereocenters. The average molecular weight is 381 g/mol. The number of amidine groups is 1. The van der Waals surface area contributed by atoms with E-state index >= 15 is 0 Å². The molecular weight excluding hydrogens is 362 g/mol. The number of aliphatic imine (C=N–C) groups is 1.